The van der Waals surface area contributed by atoms with Crippen LogP contribution in [-0.4, -0.2) is 10.9 Å². The molecule has 0 saturated carbocycles. The van der Waals surface area contributed by atoms with Gasteiger partial charge in [0.2, 0.25) is 0 Å². The highest BCUT2D eigenvalue weighted by molar-refractivity contribution is 9.10. The van der Waals surface area contributed by atoms with Crippen molar-refractivity contribution in [2.75, 3.05) is 11.1 Å². The summed E-state index contributed by atoms with van der Waals surface area (Å²) in [6, 6.07) is 5.81. The molecule has 3 N–H and O–H groups in total. The molecular formula is C13H9BrF3N3O. The van der Waals surface area contributed by atoms with Crippen LogP contribution in [0, 0.1) is 0 Å². The number of hydrogen-bond donors (Lipinski definition) is 2. The number of halogens is 4. The zero-order valence-corrected chi connectivity index (χ0v) is 12.0. The van der Waals surface area contributed by atoms with Gasteiger partial charge in [-0.1, -0.05) is 0 Å². The van der Waals surface area contributed by atoms with Gasteiger partial charge in [-0.05, 0) is 46.3 Å². The van der Waals surface area contributed by atoms with Crippen LogP contribution in [0.2, 0.25) is 0 Å². The van der Waals surface area contributed by atoms with Crippen LogP contribution in [0.15, 0.2) is 41.0 Å². The first-order valence-corrected chi connectivity index (χ1v) is 6.46. The number of anilines is 2. The number of benzene rings is 1. The molecule has 1 heterocycles. The maximum atomic E-state index is 12.7. The Hall–Kier alpha value is -2.09. The number of carbonyl (C=O) groups is 1. The molecule has 0 unspecified atom stereocenters. The van der Waals surface area contributed by atoms with Crippen LogP contribution in [0.5, 0.6) is 0 Å². The summed E-state index contributed by atoms with van der Waals surface area (Å²) < 4.78 is 38.2. The number of hydrogen-bond acceptors (Lipinski definition) is 3. The summed E-state index contributed by atoms with van der Waals surface area (Å²) in [4.78, 5) is 15.9. The zero-order valence-electron chi connectivity index (χ0n) is 10.4. The van der Waals surface area contributed by atoms with Gasteiger partial charge in [0.15, 0.2) is 0 Å². The molecule has 0 bridgehead atoms. The highest BCUT2D eigenvalue weighted by atomic mass is 79.9. The minimum absolute atomic E-state index is 0.136. The first kappa shape index (κ1) is 15.3. The molecule has 1 amide bonds. The normalized spacial score (nSPS) is 11.2. The second-order valence-corrected chi connectivity index (χ2v) is 4.98. The summed E-state index contributed by atoms with van der Waals surface area (Å²) >= 11 is 3.05. The number of rotatable bonds is 2. The topological polar surface area (TPSA) is 68.0 Å². The lowest BCUT2D eigenvalue weighted by atomic mass is 10.1. The smallest absolute Gasteiger partial charge is 0.397 e. The van der Waals surface area contributed by atoms with E-state index in [1.54, 1.807) is 0 Å². The van der Waals surface area contributed by atoms with Gasteiger partial charge in [-0.25, -0.2) is 4.98 Å². The molecule has 0 saturated heterocycles. The third kappa shape index (κ3) is 3.72. The van der Waals surface area contributed by atoms with E-state index in [4.69, 9.17) is 5.73 Å². The molecule has 0 fully saturated rings. The Morgan fingerprint density at radius 2 is 1.95 bits per heavy atom. The standard InChI is InChI=1S/C13H9BrF3N3O/c14-10-3-1-7(13(15,16)17)5-9(10)12(21)20-11-4-2-8(18)6-19-11/h1-6H,18H2,(H,19,20,21). The van der Waals surface area contributed by atoms with E-state index < -0.39 is 17.6 Å². The molecule has 0 atom stereocenters. The van der Waals surface area contributed by atoms with Gasteiger partial charge in [0.1, 0.15) is 5.82 Å². The van der Waals surface area contributed by atoms with Crippen molar-refractivity contribution in [1.82, 2.24) is 4.98 Å². The third-order valence-corrected chi connectivity index (χ3v) is 3.26. The van der Waals surface area contributed by atoms with Crippen molar-refractivity contribution in [3.8, 4) is 0 Å². The lowest BCUT2D eigenvalue weighted by molar-refractivity contribution is -0.137. The Balaban J connectivity index is 2.28. The minimum Gasteiger partial charge on any atom is -0.397 e. The van der Waals surface area contributed by atoms with Crippen molar-refractivity contribution < 1.29 is 18.0 Å². The maximum absolute atomic E-state index is 12.7. The van der Waals surface area contributed by atoms with Crippen molar-refractivity contribution in [3.63, 3.8) is 0 Å². The molecule has 8 heteroatoms. The molecule has 1 aromatic heterocycles. The van der Waals surface area contributed by atoms with Crippen molar-refractivity contribution >= 4 is 33.3 Å². The van der Waals surface area contributed by atoms with Gasteiger partial charge in [0, 0.05) is 4.47 Å². The Labute approximate surface area is 126 Å². The highest BCUT2D eigenvalue weighted by Gasteiger charge is 2.31. The second kappa shape index (κ2) is 5.72. The Morgan fingerprint density at radius 1 is 1.24 bits per heavy atom. The van der Waals surface area contributed by atoms with Crippen molar-refractivity contribution in [1.29, 1.82) is 0 Å². The summed E-state index contributed by atoms with van der Waals surface area (Å²) in [5, 5.41) is 2.40. The number of nitrogens with one attached hydrogen (secondary N) is 1. The third-order valence-electron chi connectivity index (χ3n) is 2.57. The molecule has 0 aliphatic carbocycles. The molecule has 110 valence electrons. The number of aromatic nitrogens is 1. The van der Waals surface area contributed by atoms with Gasteiger partial charge >= 0.3 is 6.18 Å². The van der Waals surface area contributed by atoms with Crippen LogP contribution in [0.1, 0.15) is 15.9 Å². The Morgan fingerprint density at radius 3 is 2.52 bits per heavy atom. The first-order valence-electron chi connectivity index (χ1n) is 5.67. The van der Waals surface area contributed by atoms with Crippen LogP contribution in [0.3, 0.4) is 0 Å². The number of nitrogen functional groups attached to an aromatic ring is 1. The van der Waals surface area contributed by atoms with E-state index in [1.807, 2.05) is 0 Å². The van der Waals surface area contributed by atoms with Crippen LogP contribution in [0.25, 0.3) is 0 Å². The van der Waals surface area contributed by atoms with Crippen molar-refractivity contribution in [2.24, 2.45) is 0 Å². The lowest BCUT2D eigenvalue weighted by Crippen LogP contribution is -2.15. The predicted octanol–water partition coefficient (Wildman–Crippen LogP) is 3.70. The minimum atomic E-state index is -4.52. The number of amides is 1. The van der Waals surface area contributed by atoms with E-state index in [0.717, 1.165) is 12.1 Å². The molecule has 2 rings (SSSR count). The summed E-state index contributed by atoms with van der Waals surface area (Å²) in [5.74, 6) is -0.510. The average molecular weight is 360 g/mol. The molecule has 1 aromatic carbocycles. The molecule has 21 heavy (non-hydrogen) atoms. The van der Waals surface area contributed by atoms with Gasteiger partial charge in [0.25, 0.3) is 5.91 Å². The average Bonchev–Trinajstić information content (AvgIpc) is 2.40. The maximum Gasteiger partial charge on any atom is 0.416 e. The predicted molar refractivity (Wildman–Crippen MR) is 75.7 cm³/mol. The van der Waals surface area contributed by atoms with Crippen LogP contribution in [-0.2, 0) is 6.18 Å². The van der Waals surface area contributed by atoms with E-state index in [2.05, 4.69) is 26.2 Å². The monoisotopic (exact) mass is 359 g/mol. The number of nitrogens with two attached hydrogens (primary N) is 1. The summed E-state index contributed by atoms with van der Waals surface area (Å²) in [5.41, 5.74) is 4.83. The Kier molecular flexibility index (Phi) is 4.17. The fourth-order valence-corrected chi connectivity index (χ4v) is 1.97. The van der Waals surface area contributed by atoms with E-state index in [0.29, 0.717) is 5.69 Å². The van der Waals surface area contributed by atoms with Gasteiger partial charge < -0.3 is 11.1 Å². The summed E-state index contributed by atoms with van der Waals surface area (Å²) in [6.45, 7) is 0. The SMILES string of the molecule is Nc1ccc(NC(=O)c2cc(C(F)(F)F)ccc2Br)nc1. The molecule has 0 spiro atoms. The quantitative estimate of drug-likeness (QED) is 0.858. The fourth-order valence-electron chi connectivity index (χ4n) is 1.54. The summed E-state index contributed by atoms with van der Waals surface area (Å²) in [6.07, 6.45) is -3.19. The number of carbonyl (C=O) groups excluding carboxylic acids is 1. The fraction of sp³-hybridized carbons (Fsp3) is 0.0769. The molecule has 0 aliphatic rings. The van der Waals surface area contributed by atoms with Gasteiger partial charge in [-0.2, -0.15) is 13.2 Å². The second-order valence-electron chi connectivity index (χ2n) is 4.12. The van der Waals surface area contributed by atoms with Gasteiger partial charge in [0.05, 0.1) is 23.0 Å². The van der Waals surface area contributed by atoms with E-state index in [9.17, 15) is 18.0 Å². The molecule has 0 aliphatic heterocycles. The number of pyridine rings is 1. The molecule has 0 radical (unpaired) electrons. The first-order chi connectivity index (χ1) is 9.77. The van der Waals surface area contributed by atoms with Crippen LogP contribution < -0.4 is 11.1 Å². The van der Waals surface area contributed by atoms with Crippen molar-refractivity contribution in [3.05, 3.63) is 52.1 Å². The highest BCUT2D eigenvalue weighted by Crippen LogP contribution is 2.32. The van der Waals surface area contributed by atoms with Gasteiger partial charge in [-0.15, -0.1) is 0 Å². The molecular weight excluding hydrogens is 351 g/mol. The number of nitrogens with zero attached hydrogens (tertiary/aromatic N) is 1. The van der Waals surface area contributed by atoms with E-state index in [-0.39, 0.29) is 15.9 Å². The van der Waals surface area contributed by atoms with Gasteiger partial charge in [-0.3, -0.25) is 4.79 Å². The summed E-state index contributed by atoms with van der Waals surface area (Å²) in [7, 11) is 0. The Bertz CT molecular complexity index is 671. The van der Waals surface area contributed by atoms with Crippen molar-refractivity contribution in [2.45, 2.75) is 6.18 Å². The lowest BCUT2D eigenvalue weighted by Gasteiger charge is -2.10. The van der Waals surface area contributed by atoms with Crippen LogP contribution >= 0.6 is 15.9 Å². The number of alkyl halides is 3. The van der Waals surface area contributed by atoms with E-state index >= 15 is 0 Å². The molecule has 2 aromatic rings. The molecule has 4 nitrogen and oxygen atoms in total. The zero-order chi connectivity index (χ0) is 15.6. The largest absolute Gasteiger partial charge is 0.416 e. The van der Waals surface area contributed by atoms with E-state index in [1.165, 1.54) is 24.4 Å². The van der Waals surface area contributed by atoms with Crippen LogP contribution in [0.4, 0.5) is 24.7 Å².